The number of methoxy groups -OCH3 is 1. The van der Waals surface area contributed by atoms with Gasteiger partial charge in [0.15, 0.2) is 6.61 Å². The van der Waals surface area contributed by atoms with Gasteiger partial charge in [-0.1, -0.05) is 18.2 Å². The highest BCUT2D eigenvalue weighted by Crippen LogP contribution is 2.07. The molecule has 1 rings (SSSR count). The molecule has 0 aromatic heterocycles. The Balaban J connectivity index is 2.23. The number of amides is 2. The lowest BCUT2D eigenvalue weighted by molar-refractivity contribution is -0.123. The predicted molar refractivity (Wildman–Crippen MR) is 55.6 cm³/mol. The average Bonchev–Trinajstić information content (AvgIpc) is 2.34. The third kappa shape index (κ3) is 4.32. The minimum atomic E-state index is -0.743. The van der Waals surface area contributed by atoms with Gasteiger partial charge >= 0.3 is 6.09 Å². The van der Waals surface area contributed by atoms with E-state index in [1.54, 1.807) is 24.3 Å². The van der Waals surface area contributed by atoms with Crippen molar-refractivity contribution in [1.29, 1.82) is 0 Å². The summed E-state index contributed by atoms with van der Waals surface area (Å²) in [7, 11) is 1.20. The topological polar surface area (TPSA) is 76.7 Å². The number of rotatable bonds is 3. The van der Waals surface area contributed by atoms with E-state index in [-0.39, 0.29) is 6.61 Å². The highest BCUT2D eigenvalue weighted by Gasteiger charge is 2.04. The van der Waals surface area contributed by atoms with Crippen LogP contribution in [-0.2, 0) is 9.53 Å². The number of hydrogen-bond acceptors (Lipinski definition) is 4. The number of carbonyl (C=O) groups is 2. The highest BCUT2D eigenvalue weighted by molar-refractivity contribution is 5.80. The SMILES string of the molecule is COC(=O)NNC(=O)COc1ccccc1. The van der Waals surface area contributed by atoms with Gasteiger partial charge in [0.2, 0.25) is 0 Å². The first kappa shape index (κ1) is 11.8. The summed E-state index contributed by atoms with van der Waals surface area (Å²) in [6.07, 6.45) is -0.743. The summed E-state index contributed by atoms with van der Waals surface area (Å²) in [4.78, 5) is 21.7. The Morgan fingerprint density at radius 3 is 2.50 bits per heavy atom. The molecule has 1 aromatic carbocycles. The summed E-state index contributed by atoms with van der Waals surface area (Å²) >= 11 is 0. The maximum atomic E-state index is 11.1. The maximum Gasteiger partial charge on any atom is 0.425 e. The fourth-order valence-electron chi connectivity index (χ4n) is 0.873. The van der Waals surface area contributed by atoms with E-state index >= 15 is 0 Å². The molecule has 6 nitrogen and oxygen atoms in total. The average molecular weight is 224 g/mol. The summed E-state index contributed by atoms with van der Waals surface area (Å²) in [6, 6.07) is 8.87. The summed E-state index contributed by atoms with van der Waals surface area (Å²) < 4.78 is 9.39. The van der Waals surface area contributed by atoms with Crippen LogP contribution in [0.2, 0.25) is 0 Å². The van der Waals surface area contributed by atoms with Gasteiger partial charge in [0.25, 0.3) is 5.91 Å². The van der Waals surface area contributed by atoms with Crippen molar-refractivity contribution in [2.24, 2.45) is 0 Å². The number of para-hydroxylation sites is 1. The molecule has 0 aliphatic heterocycles. The summed E-state index contributed by atoms with van der Waals surface area (Å²) in [5.41, 5.74) is 4.14. The third-order valence-corrected chi connectivity index (χ3v) is 1.60. The lowest BCUT2D eigenvalue weighted by atomic mass is 10.3. The van der Waals surface area contributed by atoms with Gasteiger partial charge in [-0.05, 0) is 12.1 Å². The molecular formula is C10H12N2O4. The first-order valence-electron chi connectivity index (χ1n) is 4.53. The molecule has 0 aliphatic carbocycles. The monoisotopic (exact) mass is 224 g/mol. The van der Waals surface area contributed by atoms with Crippen LogP contribution in [-0.4, -0.2) is 25.7 Å². The van der Waals surface area contributed by atoms with Gasteiger partial charge in [-0.15, -0.1) is 0 Å². The van der Waals surface area contributed by atoms with E-state index in [0.29, 0.717) is 5.75 Å². The predicted octanol–water partition coefficient (Wildman–Crippen LogP) is 0.453. The molecule has 0 fully saturated rings. The van der Waals surface area contributed by atoms with Crippen LogP contribution >= 0.6 is 0 Å². The Bertz CT molecular complexity index is 353. The Labute approximate surface area is 92.5 Å². The van der Waals surface area contributed by atoms with Crippen molar-refractivity contribution in [3.63, 3.8) is 0 Å². The number of hydrazine groups is 1. The smallest absolute Gasteiger partial charge is 0.425 e. The van der Waals surface area contributed by atoms with Crippen molar-refractivity contribution in [3.8, 4) is 5.75 Å². The lowest BCUT2D eigenvalue weighted by Crippen LogP contribution is -2.43. The normalized spacial score (nSPS) is 9.06. The zero-order chi connectivity index (χ0) is 11.8. The van der Waals surface area contributed by atoms with E-state index in [9.17, 15) is 9.59 Å². The summed E-state index contributed by atoms with van der Waals surface area (Å²) in [5.74, 6) is 0.102. The highest BCUT2D eigenvalue weighted by atomic mass is 16.5. The van der Waals surface area contributed by atoms with Crippen LogP contribution in [0.3, 0.4) is 0 Å². The zero-order valence-electron chi connectivity index (χ0n) is 8.73. The molecule has 6 heteroatoms. The molecule has 0 saturated heterocycles. The number of hydrogen-bond donors (Lipinski definition) is 2. The lowest BCUT2D eigenvalue weighted by Gasteiger charge is -2.07. The third-order valence-electron chi connectivity index (χ3n) is 1.60. The first-order valence-corrected chi connectivity index (χ1v) is 4.53. The van der Waals surface area contributed by atoms with E-state index < -0.39 is 12.0 Å². The Kier molecular flexibility index (Phi) is 4.65. The zero-order valence-corrected chi connectivity index (χ0v) is 8.73. The molecule has 0 saturated carbocycles. The number of carbonyl (C=O) groups excluding carboxylic acids is 2. The van der Waals surface area contributed by atoms with Crippen molar-refractivity contribution in [2.45, 2.75) is 0 Å². The molecule has 0 atom stereocenters. The Morgan fingerprint density at radius 1 is 1.19 bits per heavy atom. The summed E-state index contributed by atoms with van der Waals surface area (Å²) in [5, 5.41) is 0. The van der Waals surface area contributed by atoms with Crippen molar-refractivity contribution in [1.82, 2.24) is 10.9 Å². The largest absolute Gasteiger partial charge is 0.484 e. The van der Waals surface area contributed by atoms with Crippen molar-refractivity contribution >= 4 is 12.0 Å². The van der Waals surface area contributed by atoms with Gasteiger partial charge < -0.3 is 9.47 Å². The Morgan fingerprint density at radius 2 is 1.88 bits per heavy atom. The van der Waals surface area contributed by atoms with Gasteiger partial charge in [0, 0.05) is 0 Å². The van der Waals surface area contributed by atoms with Gasteiger partial charge in [0.05, 0.1) is 7.11 Å². The van der Waals surface area contributed by atoms with Crippen LogP contribution in [0.15, 0.2) is 30.3 Å². The van der Waals surface area contributed by atoms with Crippen LogP contribution in [0, 0.1) is 0 Å². The second kappa shape index (κ2) is 6.28. The number of nitrogens with one attached hydrogen (secondary N) is 2. The van der Waals surface area contributed by atoms with Gasteiger partial charge in [-0.25, -0.2) is 10.2 Å². The minimum Gasteiger partial charge on any atom is -0.484 e. The molecule has 0 aliphatic rings. The van der Waals surface area contributed by atoms with E-state index in [1.807, 2.05) is 11.5 Å². The van der Waals surface area contributed by atoms with Crippen molar-refractivity contribution in [2.75, 3.05) is 13.7 Å². The molecule has 0 unspecified atom stereocenters. The van der Waals surface area contributed by atoms with E-state index in [0.717, 1.165) is 0 Å². The first-order chi connectivity index (χ1) is 7.72. The minimum absolute atomic E-state index is 0.187. The fraction of sp³-hybridized carbons (Fsp3) is 0.200. The fourth-order valence-corrected chi connectivity index (χ4v) is 0.873. The van der Waals surface area contributed by atoms with Crippen LogP contribution in [0.5, 0.6) is 5.75 Å². The quantitative estimate of drug-likeness (QED) is 0.731. The van der Waals surface area contributed by atoms with Crippen LogP contribution in [0.4, 0.5) is 4.79 Å². The van der Waals surface area contributed by atoms with Gasteiger partial charge in [-0.3, -0.25) is 10.2 Å². The molecule has 0 bridgehead atoms. The summed E-state index contributed by atoms with van der Waals surface area (Å²) in [6.45, 7) is -0.187. The molecule has 2 N–H and O–H groups in total. The molecular weight excluding hydrogens is 212 g/mol. The number of benzene rings is 1. The number of ether oxygens (including phenoxy) is 2. The van der Waals surface area contributed by atoms with Crippen molar-refractivity contribution < 1.29 is 19.1 Å². The standard InChI is InChI=1S/C10H12N2O4/c1-15-10(14)12-11-9(13)7-16-8-5-3-2-4-6-8/h2-6H,7H2,1H3,(H,11,13)(H,12,14). The molecule has 2 amide bonds. The van der Waals surface area contributed by atoms with Crippen LogP contribution in [0.1, 0.15) is 0 Å². The molecule has 16 heavy (non-hydrogen) atoms. The van der Waals surface area contributed by atoms with E-state index in [2.05, 4.69) is 10.2 Å². The molecule has 0 heterocycles. The van der Waals surface area contributed by atoms with Crippen LogP contribution in [0.25, 0.3) is 0 Å². The maximum absolute atomic E-state index is 11.1. The Hall–Kier alpha value is -2.24. The molecule has 86 valence electrons. The molecule has 0 spiro atoms. The second-order valence-electron chi connectivity index (χ2n) is 2.77. The molecule has 1 aromatic rings. The van der Waals surface area contributed by atoms with Crippen molar-refractivity contribution in [3.05, 3.63) is 30.3 Å². The van der Waals surface area contributed by atoms with E-state index in [1.165, 1.54) is 7.11 Å². The second-order valence-corrected chi connectivity index (χ2v) is 2.77. The molecule has 0 radical (unpaired) electrons. The van der Waals surface area contributed by atoms with Crippen LogP contribution < -0.4 is 15.6 Å². The van der Waals surface area contributed by atoms with Gasteiger partial charge in [0.1, 0.15) is 5.75 Å². The van der Waals surface area contributed by atoms with Gasteiger partial charge in [-0.2, -0.15) is 0 Å². The van der Waals surface area contributed by atoms with E-state index in [4.69, 9.17) is 4.74 Å².